The van der Waals surface area contributed by atoms with Crippen LogP contribution in [-0.2, 0) is 17.5 Å². The molecule has 0 bridgehead atoms. The molecule has 7 nitrogen and oxygen atoms in total. The van der Waals surface area contributed by atoms with Crippen LogP contribution >= 0.6 is 0 Å². The minimum atomic E-state index is -4.48. The van der Waals surface area contributed by atoms with Crippen LogP contribution in [0, 0.1) is 0 Å². The van der Waals surface area contributed by atoms with Crippen molar-refractivity contribution < 1.29 is 27.5 Å². The third-order valence-corrected chi connectivity index (χ3v) is 6.71. The van der Waals surface area contributed by atoms with E-state index in [2.05, 4.69) is 10.2 Å². The molecule has 192 valence electrons. The molecule has 5 rings (SSSR count). The first-order chi connectivity index (χ1) is 17.7. The van der Waals surface area contributed by atoms with Crippen molar-refractivity contribution in [2.75, 3.05) is 28.2 Å². The number of nitrogens with one attached hydrogen (secondary N) is 1. The van der Waals surface area contributed by atoms with Gasteiger partial charge in [0, 0.05) is 35.9 Å². The van der Waals surface area contributed by atoms with Crippen LogP contribution in [0.25, 0.3) is 11.3 Å². The molecule has 1 aromatic heterocycles. The van der Waals surface area contributed by atoms with E-state index in [0.717, 1.165) is 23.4 Å². The van der Waals surface area contributed by atoms with Crippen LogP contribution < -0.4 is 15.1 Å². The van der Waals surface area contributed by atoms with Crippen molar-refractivity contribution in [1.82, 2.24) is 4.98 Å². The maximum atomic E-state index is 13.6. The van der Waals surface area contributed by atoms with E-state index >= 15 is 0 Å². The molecule has 10 heteroatoms. The number of cyclic esters (lactones) is 1. The predicted molar refractivity (Wildman–Crippen MR) is 134 cm³/mol. The number of rotatable bonds is 3. The number of pyridine rings is 1. The molecule has 0 aliphatic carbocycles. The van der Waals surface area contributed by atoms with Crippen molar-refractivity contribution in [2.24, 2.45) is 0 Å². The SMILES string of the molecule is CCN1CC[C@@H](C)N(C(=O)Nc2ccc3c(c2)C(=O)OC3)c2nc(-c3cccc(C(F)(F)F)c3)ccc21. The van der Waals surface area contributed by atoms with Gasteiger partial charge in [-0.1, -0.05) is 18.2 Å². The van der Waals surface area contributed by atoms with Crippen LogP contribution in [0.3, 0.4) is 0 Å². The molecule has 0 unspecified atom stereocenters. The Labute approximate surface area is 211 Å². The van der Waals surface area contributed by atoms with E-state index < -0.39 is 23.7 Å². The first-order valence-electron chi connectivity index (χ1n) is 12.0. The second-order valence-corrected chi connectivity index (χ2v) is 9.08. The Hall–Kier alpha value is -4.08. The smallest absolute Gasteiger partial charge is 0.416 e. The summed E-state index contributed by atoms with van der Waals surface area (Å²) in [6, 6.07) is 12.8. The van der Waals surface area contributed by atoms with Crippen LogP contribution in [0.2, 0.25) is 0 Å². The lowest BCUT2D eigenvalue weighted by atomic mass is 10.1. The van der Waals surface area contributed by atoms with E-state index in [1.807, 2.05) is 13.8 Å². The summed E-state index contributed by atoms with van der Waals surface area (Å²) in [4.78, 5) is 33.9. The Morgan fingerprint density at radius 2 is 1.97 bits per heavy atom. The van der Waals surface area contributed by atoms with Gasteiger partial charge >= 0.3 is 18.2 Å². The fourth-order valence-electron chi connectivity index (χ4n) is 4.68. The fourth-order valence-corrected chi connectivity index (χ4v) is 4.68. The minimum absolute atomic E-state index is 0.202. The van der Waals surface area contributed by atoms with Gasteiger partial charge in [0.15, 0.2) is 5.82 Å². The molecule has 0 spiro atoms. The standard InChI is InChI=1S/C27H25F3N4O3/c1-3-33-12-11-16(2)34(26(36)31-20-8-7-18-15-37-25(35)21(18)14-20)24-23(33)10-9-22(32-24)17-5-4-6-19(13-17)27(28,29)30/h4-10,13-14,16H,3,11-12,15H2,1-2H3,(H,31,36)/t16-/m1/s1. The first kappa shape index (κ1) is 24.6. The van der Waals surface area contributed by atoms with Gasteiger partial charge in [0.05, 0.1) is 22.5 Å². The second-order valence-electron chi connectivity index (χ2n) is 9.08. The normalized spacial score (nSPS) is 17.1. The van der Waals surface area contributed by atoms with Gasteiger partial charge in [-0.15, -0.1) is 0 Å². The fraction of sp³-hybridized carbons (Fsp3) is 0.296. The lowest BCUT2D eigenvalue weighted by Crippen LogP contribution is -2.42. The van der Waals surface area contributed by atoms with Gasteiger partial charge in [-0.3, -0.25) is 4.90 Å². The second kappa shape index (κ2) is 9.42. The average Bonchev–Trinajstić information content (AvgIpc) is 3.17. The van der Waals surface area contributed by atoms with Crippen molar-refractivity contribution in [3.05, 3.63) is 71.3 Å². The number of urea groups is 1. The van der Waals surface area contributed by atoms with Crippen LogP contribution in [0.5, 0.6) is 0 Å². The van der Waals surface area contributed by atoms with E-state index in [1.54, 1.807) is 36.4 Å². The van der Waals surface area contributed by atoms with Crippen molar-refractivity contribution in [2.45, 2.75) is 39.1 Å². The third-order valence-electron chi connectivity index (χ3n) is 6.71. The predicted octanol–water partition coefficient (Wildman–Crippen LogP) is 6.09. The number of ether oxygens (including phenoxy) is 1. The van der Waals surface area contributed by atoms with Gasteiger partial charge in [-0.25, -0.2) is 14.6 Å². The molecule has 0 saturated carbocycles. The largest absolute Gasteiger partial charge is 0.457 e. The van der Waals surface area contributed by atoms with Gasteiger partial charge < -0.3 is 15.0 Å². The minimum Gasteiger partial charge on any atom is -0.457 e. The highest BCUT2D eigenvalue weighted by atomic mass is 19.4. The molecule has 0 saturated heterocycles. The van der Waals surface area contributed by atoms with E-state index in [4.69, 9.17) is 9.72 Å². The van der Waals surface area contributed by atoms with Gasteiger partial charge in [0.2, 0.25) is 0 Å². The number of hydrogen-bond acceptors (Lipinski definition) is 5. The van der Waals surface area contributed by atoms with Crippen LogP contribution in [-0.4, -0.2) is 36.1 Å². The summed E-state index contributed by atoms with van der Waals surface area (Å²) >= 11 is 0. The van der Waals surface area contributed by atoms with Crippen LogP contribution in [0.4, 0.5) is 35.2 Å². The van der Waals surface area contributed by atoms with Crippen molar-refractivity contribution in [1.29, 1.82) is 0 Å². The molecule has 0 radical (unpaired) electrons. The Morgan fingerprint density at radius 3 is 2.73 bits per heavy atom. The van der Waals surface area contributed by atoms with Crippen LogP contribution in [0.15, 0.2) is 54.6 Å². The Balaban J connectivity index is 1.54. The number of fused-ring (bicyclic) bond motifs is 2. The van der Waals surface area contributed by atoms with E-state index in [1.165, 1.54) is 11.0 Å². The molecule has 2 aliphatic heterocycles. The number of halogens is 3. The highest BCUT2D eigenvalue weighted by Gasteiger charge is 2.33. The molecular formula is C27H25F3N4O3. The number of amides is 2. The summed E-state index contributed by atoms with van der Waals surface area (Å²) in [5, 5.41) is 2.85. The van der Waals surface area contributed by atoms with Crippen molar-refractivity contribution >= 4 is 29.2 Å². The quantitative estimate of drug-likeness (QED) is 0.432. The number of alkyl halides is 3. The number of aromatic nitrogens is 1. The number of carbonyl (C=O) groups excluding carboxylic acids is 2. The monoisotopic (exact) mass is 510 g/mol. The maximum Gasteiger partial charge on any atom is 0.416 e. The molecule has 1 N–H and O–H groups in total. The van der Waals surface area contributed by atoms with E-state index in [-0.39, 0.29) is 12.6 Å². The summed E-state index contributed by atoms with van der Waals surface area (Å²) in [6.45, 7) is 5.46. The molecular weight excluding hydrogens is 485 g/mol. The molecule has 3 heterocycles. The average molecular weight is 511 g/mol. The van der Waals surface area contributed by atoms with Gasteiger partial charge in [-0.05, 0) is 56.7 Å². The van der Waals surface area contributed by atoms with Gasteiger partial charge in [0.25, 0.3) is 0 Å². The summed E-state index contributed by atoms with van der Waals surface area (Å²) in [6.07, 6.45) is -3.82. The summed E-state index contributed by atoms with van der Waals surface area (Å²) in [7, 11) is 0. The highest BCUT2D eigenvalue weighted by Crippen LogP contribution is 2.37. The molecule has 3 aromatic rings. The molecule has 1 atom stereocenters. The number of carbonyl (C=O) groups is 2. The lowest BCUT2D eigenvalue weighted by Gasteiger charge is -2.28. The molecule has 2 aromatic carbocycles. The zero-order valence-corrected chi connectivity index (χ0v) is 20.3. The Bertz CT molecular complexity index is 1380. The van der Waals surface area contributed by atoms with Crippen molar-refractivity contribution in [3.8, 4) is 11.3 Å². The molecule has 2 aliphatic rings. The molecule has 0 fully saturated rings. The van der Waals surface area contributed by atoms with Gasteiger partial charge in [0.1, 0.15) is 6.61 Å². The van der Waals surface area contributed by atoms with Crippen molar-refractivity contribution in [3.63, 3.8) is 0 Å². The molecule has 37 heavy (non-hydrogen) atoms. The number of nitrogens with zero attached hydrogens (tertiary/aromatic N) is 3. The van der Waals surface area contributed by atoms with Crippen LogP contribution in [0.1, 0.15) is 41.8 Å². The third kappa shape index (κ3) is 4.71. The molecule has 2 amide bonds. The number of hydrogen-bond donors (Lipinski definition) is 1. The van der Waals surface area contributed by atoms with Gasteiger partial charge in [-0.2, -0.15) is 13.2 Å². The number of esters is 1. The Morgan fingerprint density at radius 1 is 1.16 bits per heavy atom. The van der Waals surface area contributed by atoms with E-state index in [9.17, 15) is 22.8 Å². The maximum absolute atomic E-state index is 13.6. The summed E-state index contributed by atoms with van der Waals surface area (Å²) in [5.41, 5.74) is 2.17. The summed E-state index contributed by atoms with van der Waals surface area (Å²) in [5.74, 6) is -0.0783. The highest BCUT2D eigenvalue weighted by molar-refractivity contribution is 6.05. The van der Waals surface area contributed by atoms with E-state index in [0.29, 0.717) is 47.8 Å². The zero-order chi connectivity index (χ0) is 26.3. The zero-order valence-electron chi connectivity index (χ0n) is 20.3. The number of benzene rings is 2. The Kier molecular flexibility index (Phi) is 6.26. The lowest BCUT2D eigenvalue weighted by molar-refractivity contribution is -0.137. The first-order valence-corrected chi connectivity index (χ1v) is 12.0. The summed E-state index contributed by atoms with van der Waals surface area (Å²) < 4.78 is 45.0. The number of anilines is 3. The topological polar surface area (TPSA) is 74.8 Å².